The molecule has 94 valence electrons. The second-order valence-electron chi connectivity index (χ2n) is 4.86. The molecular formula is C13H21N3O. The van der Waals surface area contributed by atoms with Gasteiger partial charge in [0.05, 0.1) is 5.56 Å². The van der Waals surface area contributed by atoms with E-state index < -0.39 is 0 Å². The van der Waals surface area contributed by atoms with Crippen LogP contribution in [-0.2, 0) is 0 Å². The lowest BCUT2D eigenvalue weighted by atomic mass is 10.0. The van der Waals surface area contributed by atoms with Crippen molar-refractivity contribution in [2.24, 2.45) is 5.92 Å². The largest absolute Gasteiger partial charge is 0.398 e. The molecule has 0 aliphatic carbocycles. The van der Waals surface area contributed by atoms with E-state index in [0.29, 0.717) is 17.2 Å². The normalized spacial score (nSPS) is 12.5. The van der Waals surface area contributed by atoms with Crippen molar-refractivity contribution >= 4 is 11.6 Å². The highest BCUT2D eigenvalue weighted by Crippen LogP contribution is 2.16. The second kappa shape index (κ2) is 5.66. The van der Waals surface area contributed by atoms with Gasteiger partial charge in [-0.15, -0.1) is 0 Å². The zero-order chi connectivity index (χ0) is 13.0. The fourth-order valence-electron chi connectivity index (χ4n) is 1.81. The Hall–Kier alpha value is -1.58. The van der Waals surface area contributed by atoms with Crippen LogP contribution in [0.3, 0.4) is 0 Å². The van der Waals surface area contributed by atoms with Crippen LogP contribution < -0.4 is 5.73 Å². The Kier molecular flexibility index (Phi) is 4.49. The second-order valence-corrected chi connectivity index (χ2v) is 4.86. The van der Waals surface area contributed by atoms with Gasteiger partial charge < -0.3 is 10.6 Å². The van der Waals surface area contributed by atoms with Crippen LogP contribution >= 0.6 is 0 Å². The first kappa shape index (κ1) is 13.5. The summed E-state index contributed by atoms with van der Waals surface area (Å²) < 4.78 is 0. The molecule has 0 fully saturated rings. The molecule has 2 N–H and O–H groups in total. The van der Waals surface area contributed by atoms with E-state index in [2.05, 4.69) is 18.8 Å². The third kappa shape index (κ3) is 3.44. The number of nitrogens with two attached hydrogens (primary N) is 1. The van der Waals surface area contributed by atoms with E-state index in [1.807, 2.05) is 14.0 Å². The Morgan fingerprint density at radius 2 is 2.12 bits per heavy atom. The zero-order valence-corrected chi connectivity index (χ0v) is 11.0. The number of rotatable bonds is 4. The van der Waals surface area contributed by atoms with Crippen molar-refractivity contribution in [2.75, 3.05) is 12.8 Å². The highest BCUT2D eigenvalue weighted by molar-refractivity contribution is 5.98. The van der Waals surface area contributed by atoms with Gasteiger partial charge in [-0.1, -0.05) is 13.8 Å². The van der Waals surface area contributed by atoms with Gasteiger partial charge in [-0.25, -0.2) is 0 Å². The Balaban J connectivity index is 2.80. The SMILES string of the molecule is CC(C)CC(C)N(C)C(=O)c1cnccc1N. The number of pyridine rings is 1. The molecule has 0 aliphatic rings. The predicted octanol–water partition coefficient (Wildman–Crippen LogP) is 2.17. The molecule has 1 amide bonds. The smallest absolute Gasteiger partial charge is 0.257 e. The van der Waals surface area contributed by atoms with E-state index in [0.717, 1.165) is 6.42 Å². The molecule has 1 atom stereocenters. The van der Waals surface area contributed by atoms with E-state index >= 15 is 0 Å². The number of nitrogens with zero attached hydrogens (tertiary/aromatic N) is 2. The Morgan fingerprint density at radius 1 is 1.47 bits per heavy atom. The maximum absolute atomic E-state index is 12.2. The molecule has 1 aromatic rings. The number of hydrogen-bond donors (Lipinski definition) is 1. The van der Waals surface area contributed by atoms with Crippen molar-refractivity contribution in [3.05, 3.63) is 24.0 Å². The summed E-state index contributed by atoms with van der Waals surface area (Å²) in [5.41, 5.74) is 6.73. The summed E-state index contributed by atoms with van der Waals surface area (Å²) >= 11 is 0. The molecule has 4 nitrogen and oxygen atoms in total. The minimum atomic E-state index is -0.0660. The van der Waals surface area contributed by atoms with Crippen LogP contribution in [0.1, 0.15) is 37.6 Å². The molecule has 17 heavy (non-hydrogen) atoms. The molecule has 1 unspecified atom stereocenters. The van der Waals surface area contributed by atoms with Gasteiger partial charge in [-0.3, -0.25) is 9.78 Å². The number of anilines is 1. The Labute approximate surface area is 103 Å². The third-order valence-electron chi connectivity index (χ3n) is 2.88. The van der Waals surface area contributed by atoms with Crippen LogP contribution in [-0.4, -0.2) is 28.9 Å². The van der Waals surface area contributed by atoms with Crippen LogP contribution in [0.2, 0.25) is 0 Å². The average molecular weight is 235 g/mol. The third-order valence-corrected chi connectivity index (χ3v) is 2.88. The van der Waals surface area contributed by atoms with E-state index in [9.17, 15) is 4.79 Å². The van der Waals surface area contributed by atoms with Crippen molar-refractivity contribution in [1.82, 2.24) is 9.88 Å². The van der Waals surface area contributed by atoms with E-state index in [-0.39, 0.29) is 11.9 Å². The van der Waals surface area contributed by atoms with Crippen molar-refractivity contribution in [3.8, 4) is 0 Å². The van der Waals surface area contributed by atoms with Crippen molar-refractivity contribution in [3.63, 3.8) is 0 Å². The Morgan fingerprint density at radius 3 is 2.65 bits per heavy atom. The molecule has 1 rings (SSSR count). The quantitative estimate of drug-likeness (QED) is 0.870. The summed E-state index contributed by atoms with van der Waals surface area (Å²) in [6.45, 7) is 6.34. The van der Waals surface area contributed by atoms with Crippen LogP contribution in [0.4, 0.5) is 5.69 Å². The van der Waals surface area contributed by atoms with Gasteiger partial charge in [0.25, 0.3) is 5.91 Å². The van der Waals surface area contributed by atoms with Gasteiger partial charge in [0, 0.05) is 31.2 Å². The minimum absolute atomic E-state index is 0.0660. The topological polar surface area (TPSA) is 59.2 Å². The summed E-state index contributed by atoms with van der Waals surface area (Å²) in [6.07, 6.45) is 4.09. The lowest BCUT2D eigenvalue weighted by molar-refractivity contribution is 0.0729. The summed E-state index contributed by atoms with van der Waals surface area (Å²) in [5.74, 6) is 0.496. The summed E-state index contributed by atoms with van der Waals surface area (Å²) in [6, 6.07) is 1.84. The molecule has 1 aromatic heterocycles. The molecule has 0 saturated carbocycles. The number of aromatic nitrogens is 1. The number of nitrogen functional groups attached to an aromatic ring is 1. The monoisotopic (exact) mass is 235 g/mol. The van der Waals surface area contributed by atoms with Gasteiger partial charge >= 0.3 is 0 Å². The van der Waals surface area contributed by atoms with E-state index in [1.165, 1.54) is 6.20 Å². The van der Waals surface area contributed by atoms with Gasteiger partial charge in [0.2, 0.25) is 0 Å². The standard InChI is InChI=1S/C13H21N3O/c1-9(2)7-10(3)16(4)13(17)11-8-15-6-5-12(11)14/h5-6,8-10H,7H2,1-4H3,(H2,14,15). The van der Waals surface area contributed by atoms with E-state index in [4.69, 9.17) is 5.73 Å². The maximum atomic E-state index is 12.2. The molecule has 1 heterocycles. The van der Waals surface area contributed by atoms with Crippen molar-refractivity contribution < 1.29 is 4.79 Å². The maximum Gasteiger partial charge on any atom is 0.257 e. The summed E-state index contributed by atoms with van der Waals surface area (Å²) in [5, 5.41) is 0. The lowest BCUT2D eigenvalue weighted by Gasteiger charge is -2.26. The number of hydrogen-bond acceptors (Lipinski definition) is 3. The fourth-order valence-corrected chi connectivity index (χ4v) is 1.81. The minimum Gasteiger partial charge on any atom is -0.398 e. The van der Waals surface area contributed by atoms with Crippen molar-refractivity contribution in [2.45, 2.75) is 33.2 Å². The van der Waals surface area contributed by atoms with Gasteiger partial charge in [-0.2, -0.15) is 0 Å². The first-order valence-electron chi connectivity index (χ1n) is 5.90. The van der Waals surface area contributed by atoms with Crippen LogP contribution in [0, 0.1) is 5.92 Å². The molecule has 0 aliphatic heterocycles. The van der Waals surface area contributed by atoms with Crippen molar-refractivity contribution in [1.29, 1.82) is 0 Å². The van der Waals surface area contributed by atoms with Gasteiger partial charge in [0.15, 0.2) is 0 Å². The molecule has 4 heteroatoms. The van der Waals surface area contributed by atoms with Crippen LogP contribution in [0.5, 0.6) is 0 Å². The van der Waals surface area contributed by atoms with E-state index in [1.54, 1.807) is 17.2 Å². The Bertz CT molecular complexity index is 390. The first-order chi connectivity index (χ1) is 7.93. The fraction of sp³-hybridized carbons (Fsp3) is 0.538. The molecular weight excluding hydrogens is 214 g/mol. The highest BCUT2D eigenvalue weighted by atomic mass is 16.2. The number of carbonyl (C=O) groups is 1. The zero-order valence-electron chi connectivity index (χ0n) is 11.0. The van der Waals surface area contributed by atoms with Gasteiger partial charge in [-0.05, 0) is 25.3 Å². The molecule has 0 bridgehead atoms. The molecule has 0 radical (unpaired) electrons. The van der Waals surface area contributed by atoms with Crippen LogP contribution in [0.25, 0.3) is 0 Å². The number of carbonyl (C=O) groups excluding carboxylic acids is 1. The predicted molar refractivity (Wildman–Crippen MR) is 69.7 cm³/mol. The summed E-state index contributed by atoms with van der Waals surface area (Å²) in [4.78, 5) is 17.9. The number of amides is 1. The van der Waals surface area contributed by atoms with Gasteiger partial charge in [0.1, 0.15) is 0 Å². The lowest BCUT2D eigenvalue weighted by Crippen LogP contribution is -2.36. The molecule has 0 aromatic carbocycles. The first-order valence-corrected chi connectivity index (χ1v) is 5.90. The average Bonchev–Trinajstić information content (AvgIpc) is 2.27. The molecule has 0 saturated heterocycles. The van der Waals surface area contributed by atoms with Crippen LogP contribution in [0.15, 0.2) is 18.5 Å². The molecule has 0 spiro atoms. The highest BCUT2D eigenvalue weighted by Gasteiger charge is 2.20. The summed E-state index contributed by atoms with van der Waals surface area (Å²) in [7, 11) is 1.81.